The van der Waals surface area contributed by atoms with E-state index in [0.29, 0.717) is 51.2 Å². The average molecular weight is 429 g/mol. The molecule has 0 unspecified atom stereocenters. The number of carbonyl (C=O) groups excluding carboxylic acids is 2. The van der Waals surface area contributed by atoms with Gasteiger partial charge in [-0.2, -0.15) is 0 Å². The lowest BCUT2D eigenvalue weighted by atomic mass is 9.97. The predicted octanol–water partition coefficient (Wildman–Crippen LogP) is 2.17. The number of nitrogens with zero attached hydrogens (tertiary/aromatic N) is 3. The lowest BCUT2D eigenvalue weighted by Gasteiger charge is -2.16. The number of esters is 1. The molecule has 0 aliphatic carbocycles. The van der Waals surface area contributed by atoms with Gasteiger partial charge in [-0.1, -0.05) is 19.1 Å². The highest BCUT2D eigenvalue weighted by molar-refractivity contribution is 5.75. The van der Waals surface area contributed by atoms with Crippen LogP contribution in [0.5, 0.6) is 0 Å². The molecular weight excluding hydrogens is 392 g/mol. The van der Waals surface area contributed by atoms with Crippen LogP contribution in [0.2, 0.25) is 0 Å². The molecule has 0 spiro atoms. The number of ether oxygens (including phenoxy) is 4. The van der Waals surface area contributed by atoms with Gasteiger partial charge in [-0.05, 0) is 33.1 Å². The van der Waals surface area contributed by atoms with Crippen molar-refractivity contribution in [1.82, 2.24) is 20.3 Å². The van der Waals surface area contributed by atoms with E-state index >= 15 is 0 Å². The van der Waals surface area contributed by atoms with Crippen LogP contribution < -0.4 is 5.32 Å². The summed E-state index contributed by atoms with van der Waals surface area (Å²) >= 11 is 0. The third-order valence-corrected chi connectivity index (χ3v) is 3.84. The molecule has 172 valence electrons. The fourth-order valence-electron chi connectivity index (χ4n) is 2.02. The van der Waals surface area contributed by atoms with Crippen molar-refractivity contribution in [3.05, 3.63) is 11.9 Å². The number of hydrogen-bond donors (Lipinski definition) is 1. The smallest absolute Gasteiger partial charge is 0.407 e. The van der Waals surface area contributed by atoms with Crippen molar-refractivity contribution in [2.24, 2.45) is 11.3 Å². The third kappa shape index (κ3) is 12.4. The summed E-state index contributed by atoms with van der Waals surface area (Å²) in [7, 11) is 0. The Hall–Kier alpha value is -2.20. The van der Waals surface area contributed by atoms with Crippen molar-refractivity contribution >= 4 is 12.1 Å². The van der Waals surface area contributed by atoms with E-state index < -0.39 is 11.5 Å². The lowest BCUT2D eigenvalue weighted by molar-refractivity contribution is -0.154. The number of amides is 1. The molecule has 0 atom stereocenters. The van der Waals surface area contributed by atoms with E-state index in [2.05, 4.69) is 29.5 Å². The predicted molar refractivity (Wildman–Crippen MR) is 110 cm³/mol. The third-order valence-electron chi connectivity index (χ3n) is 3.84. The second-order valence-corrected chi connectivity index (χ2v) is 8.26. The maximum absolute atomic E-state index is 11.6. The van der Waals surface area contributed by atoms with Crippen LogP contribution in [0, 0.1) is 11.3 Å². The highest BCUT2D eigenvalue weighted by atomic mass is 16.6. The van der Waals surface area contributed by atoms with Crippen LogP contribution in [0.15, 0.2) is 6.20 Å². The van der Waals surface area contributed by atoms with Gasteiger partial charge in [0.2, 0.25) is 0 Å². The first-order chi connectivity index (χ1) is 14.2. The first-order valence-electron chi connectivity index (χ1n) is 10.3. The van der Waals surface area contributed by atoms with Gasteiger partial charge in [0.25, 0.3) is 0 Å². The van der Waals surface area contributed by atoms with Gasteiger partial charge >= 0.3 is 12.1 Å². The topological polar surface area (TPSA) is 114 Å². The Bertz CT molecular complexity index is 627. The lowest BCUT2D eigenvalue weighted by Crippen LogP contribution is -2.24. The van der Waals surface area contributed by atoms with E-state index in [0.717, 1.165) is 6.42 Å². The molecule has 1 amide bonds. The van der Waals surface area contributed by atoms with Crippen LogP contribution in [0.3, 0.4) is 0 Å². The molecule has 10 heteroatoms. The van der Waals surface area contributed by atoms with Crippen molar-refractivity contribution < 1.29 is 28.5 Å². The molecule has 0 saturated heterocycles. The Morgan fingerprint density at radius 3 is 2.37 bits per heavy atom. The number of aromatic nitrogens is 3. The van der Waals surface area contributed by atoms with Crippen LogP contribution in [0.4, 0.5) is 4.79 Å². The van der Waals surface area contributed by atoms with E-state index in [1.54, 1.807) is 10.9 Å². The first-order valence-corrected chi connectivity index (χ1v) is 10.3. The van der Waals surface area contributed by atoms with Crippen molar-refractivity contribution in [2.75, 3.05) is 39.6 Å². The average Bonchev–Trinajstić information content (AvgIpc) is 3.11. The van der Waals surface area contributed by atoms with E-state index in [4.69, 9.17) is 18.9 Å². The highest BCUT2D eigenvalue weighted by Crippen LogP contribution is 2.14. The summed E-state index contributed by atoms with van der Waals surface area (Å²) in [6, 6.07) is 0. The van der Waals surface area contributed by atoms with Crippen LogP contribution >= 0.6 is 0 Å². The number of hydrogen-bond acceptors (Lipinski definition) is 8. The van der Waals surface area contributed by atoms with Gasteiger partial charge in [0.1, 0.15) is 12.3 Å². The summed E-state index contributed by atoms with van der Waals surface area (Å²) in [5.74, 6) is 0.248. The molecule has 0 aliphatic heterocycles. The maximum Gasteiger partial charge on any atom is 0.407 e. The largest absolute Gasteiger partial charge is 0.463 e. The fraction of sp³-hybridized carbons (Fsp3) is 0.800. The molecule has 0 aliphatic rings. The molecular formula is C20H36N4O6. The summed E-state index contributed by atoms with van der Waals surface area (Å²) in [4.78, 5) is 23.1. The Morgan fingerprint density at radius 2 is 1.70 bits per heavy atom. The number of rotatable bonds is 14. The minimum absolute atomic E-state index is 0.233. The molecule has 0 aromatic carbocycles. The van der Waals surface area contributed by atoms with E-state index in [1.807, 2.05) is 20.8 Å². The van der Waals surface area contributed by atoms with E-state index in [-0.39, 0.29) is 19.1 Å². The first kappa shape index (κ1) is 25.8. The van der Waals surface area contributed by atoms with Crippen molar-refractivity contribution in [1.29, 1.82) is 0 Å². The summed E-state index contributed by atoms with van der Waals surface area (Å²) in [6.45, 7) is 12.6. The zero-order valence-corrected chi connectivity index (χ0v) is 18.8. The summed E-state index contributed by atoms with van der Waals surface area (Å²) < 4.78 is 22.7. The Balaban J connectivity index is 2.02. The van der Waals surface area contributed by atoms with Crippen molar-refractivity contribution in [3.63, 3.8) is 0 Å². The normalized spacial score (nSPS) is 11.5. The van der Waals surface area contributed by atoms with Gasteiger partial charge in [-0.15, -0.1) is 5.10 Å². The number of alkyl carbamates (subject to hydrolysis) is 1. The van der Waals surface area contributed by atoms with Gasteiger partial charge in [-0.25, -0.2) is 9.48 Å². The van der Waals surface area contributed by atoms with Crippen LogP contribution in [0.25, 0.3) is 0 Å². The molecule has 1 aromatic heterocycles. The van der Waals surface area contributed by atoms with Crippen LogP contribution in [-0.2, 0) is 36.8 Å². The molecule has 1 N–H and O–H groups in total. The SMILES string of the molecule is CC(C)CCOC(=O)NCc1cn(CCOCCOCCOC(=O)C(C)(C)C)nn1. The molecule has 0 fully saturated rings. The van der Waals surface area contributed by atoms with Gasteiger partial charge in [0.05, 0.1) is 57.7 Å². The minimum atomic E-state index is -0.503. The molecule has 30 heavy (non-hydrogen) atoms. The van der Waals surface area contributed by atoms with Gasteiger partial charge < -0.3 is 24.3 Å². The summed E-state index contributed by atoms with van der Waals surface area (Å²) in [5.41, 5.74) is 0.140. The molecule has 0 saturated carbocycles. The zero-order chi connectivity index (χ0) is 22.4. The zero-order valence-electron chi connectivity index (χ0n) is 18.8. The monoisotopic (exact) mass is 428 g/mol. The van der Waals surface area contributed by atoms with Crippen LogP contribution in [0.1, 0.15) is 46.7 Å². The van der Waals surface area contributed by atoms with Crippen molar-refractivity contribution in [2.45, 2.75) is 54.1 Å². The van der Waals surface area contributed by atoms with E-state index in [9.17, 15) is 9.59 Å². The second kappa shape index (κ2) is 13.9. The van der Waals surface area contributed by atoms with Crippen molar-refractivity contribution in [3.8, 4) is 0 Å². The molecule has 1 aromatic rings. The standard InChI is InChI=1S/C20H36N4O6/c1-16(2)6-8-30-19(26)21-14-17-15-24(23-22-17)7-9-27-10-11-28-12-13-29-18(25)20(3,4)5/h15-16H,6-14H2,1-5H3,(H,21,26). The molecule has 0 radical (unpaired) electrons. The van der Waals surface area contributed by atoms with E-state index in [1.165, 1.54) is 0 Å². The Kier molecular flexibility index (Phi) is 12.0. The van der Waals surface area contributed by atoms with Gasteiger partial charge in [0.15, 0.2) is 0 Å². The maximum atomic E-state index is 11.6. The molecule has 1 rings (SSSR count). The van der Waals surface area contributed by atoms with Crippen LogP contribution in [-0.4, -0.2) is 66.7 Å². The summed E-state index contributed by atoms with van der Waals surface area (Å²) in [6.07, 6.45) is 2.12. The quantitative estimate of drug-likeness (QED) is 0.354. The fourth-order valence-corrected chi connectivity index (χ4v) is 2.02. The number of nitrogens with one attached hydrogen (secondary N) is 1. The number of carbonyl (C=O) groups is 2. The van der Waals surface area contributed by atoms with Gasteiger partial charge in [0, 0.05) is 0 Å². The second-order valence-electron chi connectivity index (χ2n) is 8.26. The molecule has 10 nitrogen and oxygen atoms in total. The molecule has 0 bridgehead atoms. The summed E-state index contributed by atoms with van der Waals surface area (Å²) in [5, 5.41) is 10.6. The van der Waals surface area contributed by atoms with Gasteiger partial charge in [-0.3, -0.25) is 4.79 Å². The molecule has 1 heterocycles. The Morgan fingerprint density at radius 1 is 1.03 bits per heavy atom. The minimum Gasteiger partial charge on any atom is -0.463 e. The highest BCUT2D eigenvalue weighted by Gasteiger charge is 2.22. The Labute approximate surface area is 178 Å².